The third-order valence-electron chi connectivity index (χ3n) is 3.14. The SMILES string of the molecule is Cn1ncc(Br)c1C(=O)C1CSc2ccccc21. The van der Waals surface area contributed by atoms with Crippen LogP contribution in [0, 0.1) is 0 Å². The number of Topliss-reactive ketones (excluding diaryl/α,β-unsaturated/α-hetero) is 1. The highest BCUT2D eigenvalue weighted by Crippen LogP contribution is 2.41. The number of aromatic nitrogens is 2. The van der Waals surface area contributed by atoms with Crippen LogP contribution >= 0.6 is 27.7 Å². The van der Waals surface area contributed by atoms with E-state index in [9.17, 15) is 4.79 Å². The first-order valence-electron chi connectivity index (χ1n) is 5.62. The maximum absolute atomic E-state index is 12.6. The Morgan fingerprint density at radius 3 is 3.00 bits per heavy atom. The van der Waals surface area contributed by atoms with Gasteiger partial charge in [0, 0.05) is 17.7 Å². The molecule has 1 atom stereocenters. The van der Waals surface area contributed by atoms with Crippen LogP contribution in [0.2, 0.25) is 0 Å². The van der Waals surface area contributed by atoms with E-state index in [0.29, 0.717) is 5.69 Å². The molecule has 0 saturated heterocycles. The molecular weight excluding hydrogens is 312 g/mol. The molecule has 3 nitrogen and oxygen atoms in total. The molecule has 1 aliphatic heterocycles. The van der Waals surface area contributed by atoms with Gasteiger partial charge in [0.2, 0.25) is 0 Å². The van der Waals surface area contributed by atoms with E-state index in [1.165, 1.54) is 4.90 Å². The van der Waals surface area contributed by atoms with Crippen LogP contribution in [0.5, 0.6) is 0 Å². The minimum Gasteiger partial charge on any atom is -0.292 e. The number of halogens is 1. The summed E-state index contributed by atoms with van der Waals surface area (Å²) in [6.45, 7) is 0. The average Bonchev–Trinajstić information content (AvgIpc) is 2.93. The number of thioether (sulfide) groups is 1. The van der Waals surface area contributed by atoms with Gasteiger partial charge in [-0.2, -0.15) is 5.10 Å². The second kappa shape index (κ2) is 4.55. The Labute approximate surface area is 118 Å². The number of rotatable bonds is 2. The van der Waals surface area contributed by atoms with Crippen LogP contribution in [0.4, 0.5) is 0 Å². The summed E-state index contributed by atoms with van der Waals surface area (Å²) in [5, 5.41) is 4.11. The van der Waals surface area contributed by atoms with Crippen molar-refractivity contribution in [3.63, 3.8) is 0 Å². The molecule has 1 aromatic heterocycles. The van der Waals surface area contributed by atoms with Crippen molar-refractivity contribution in [3.8, 4) is 0 Å². The number of aryl methyl sites for hydroxylation is 1. The molecular formula is C13H11BrN2OS. The van der Waals surface area contributed by atoms with E-state index in [2.05, 4.69) is 27.1 Å². The molecule has 1 aliphatic rings. The van der Waals surface area contributed by atoms with E-state index in [1.54, 1.807) is 29.7 Å². The molecule has 1 aromatic carbocycles. The van der Waals surface area contributed by atoms with Crippen LogP contribution in [0.15, 0.2) is 39.8 Å². The molecule has 0 spiro atoms. The first kappa shape index (κ1) is 12.0. The predicted molar refractivity (Wildman–Crippen MR) is 75.1 cm³/mol. The molecule has 0 aliphatic carbocycles. The number of hydrogen-bond acceptors (Lipinski definition) is 3. The lowest BCUT2D eigenvalue weighted by Gasteiger charge is -2.10. The second-order valence-electron chi connectivity index (χ2n) is 4.23. The summed E-state index contributed by atoms with van der Waals surface area (Å²) in [6.07, 6.45) is 1.67. The highest BCUT2D eigenvalue weighted by molar-refractivity contribution is 9.10. The van der Waals surface area contributed by atoms with Crippen molar-refractivity contribution in [2.45, 2.75) is 10.8 Å². The molecule has 0 radical (unpaired) electrons. The second-order valence-corrected chi connectivity index (χ2v) is 6.15. The van der Waals surface area contributed by atoms with Gasteiger partial charge in [0.15, 0.2) is 5.78 Å². The molecule has 18 heavy (non-hydrogen) atoms. The van der Waals surface area contributed by atoms with Crippen molar-refractivity contribution >= 4 is 33.5 Å². The minimum absolute atomic E-state index is 0.0575. The van der Waals surface area contributed by atoms with E-state index in [0.717, 1.165) is 15.8 Å². The molecule has 0 fully saturated rings. The molecule has 0 amide bonds. The van der Waals surface area contributed by atoms with Crippen molar-refractivity contribution in [1.29, 1.82) is 0 Å². The number of ketones is 1. The number of benzene rings is 1. The van der Waals surface area contributed by atoms with Crippen molar-refractivity contribution in [2.75, 3.05) is 5.75 Å². The smallest absolute Gasteiger partial charge is 0.190 e. The van der Waals surface area contributed by atoms with Crippen LogP contribution in [0.3, 0.4) is 0 Å². The summed E-state index contributed by atoms with van der Waals surface area (Å²) in [5.74, 6) is 0.896. The van der Waals surface area contributed by atoms with Crippen LogP contribution in [0.25, 0.3) is 0 Å². The van der Waals surface area contributed by atoms with E-state index >= 15 is 0 Å². The first-order chi connectivity index (χ1) is 8.68. The Morgan fingerprint density at radius 2 is 2.28 bits per heavy atom. The Bertz CT molecular complexity index is 604. The van der Waals surface area contributed by atoms with Gasteiger partial charge in [-0.3, -0.25) is 9.48 Å². The van der Waals surface area contributed by atoms with Crippen molar-refractivity contribution in [2.24, 2.45) is 7.05 Å². The van der Waals surface area contributed by atoms with Crippen LogP contribution in [-0.4, -0.2) is 21.3 Å². The Hall–Kier alpha value is -1.07. The number of hydrogen-bond donors (Lipinski definition) is 0. The normalized spacial score (nSPS) is 17.8. The maximum atomic E-state index is 12.6. The third kappa shape index (κ3) is 1.82. The van der Waals surface area contributed by atoms with Crippen LogP contribution < -0.4 is 0 Å². The van der Waals surface area contributed by atoms with Gasteiger partial charge in [-0.05, 0) is 27.6 Å². The van der Waals surface area contributed by atoms with Gasteiger partial charge >= 0.3 is 0 Å². The fraction of sp³-hybridized carbons (Fsp3) is 0.231. The number of carbonyl (C=O) groups is 1. The zero-order chi connectivity index (χ0) is 12.7. The zero-order valence-electron chi connectivity index (χ0n) is 9.76. The molecule has 0 saturated carbocycles. The summed E-state index contributed by atoms with van der Waals surface area (Å²) in [5.41, 5.74) is 1.79. The summed E-state index contributed by atoms with van der Waals surface area (Å²) in [7, 11) is 1.80. The lowest BCUT2D eigenvalue weighted by atomic mass is 9.95. The van der Waals surface area contributed by atoms with Crippen LogP contribution in [0.1, 0.15) is 22.0 Å². The third-order valence-corrected chi connectivity index (χ3v) is 4.91. The molecule has 92 valence electrons. The Morgan fingerprint density at radius 1 is 1.50 bits per heavy atom. The monoisotopic (exact) mass is 322 g/mol. The lowest BCUT2D eigenvalue weighted by Crippen LogP contribution is -2.16. The molecule has 2 heterocycles. The van der Waals surface area contributed by atoms with Gasteiger partial charge in [-0.25, -0.2) is 0 Å². The predicted octanol–water partition coefficient (Wildman–Crippen LogP) is 3.25. The highest BCUT2D eigenvalue weighted by Gasteiger charge is 2.32. The fourth-order valence-corrected chi connectivity index (χ4v) is 4.01. The van der Waals surface area contributed by atoms with Crippen LogP contribution in [-0.2, 0) is 7.05 Å². The van der Waals surface area contributed by atoms with Gasteiger partial charge < -0.3 is 0 Å². The minimum atomic E-state index is -0.0575. The molecule has 0 N–H and O–H groups in total. The number of nitrogens with zero attached hydrogens (tertiary/aromatic N) is 2. The maximum Gasteiger partial charge on any atom is 0.190 e. The quantitative estimate of drug-likeness (QED) is 0.796. The number of carbonyl (C=O) groups excluding carboxylic acids is 1. The van der Waals surface area contributed by atoms with E-state index in [1.807, 2.05) is 18.2 Å². The largest absolute Gasteiger partial charge is 0.292 e. The molecule has 2 aromatic rings. The summed E-state index contributed by atoms with van der Waals surface area (Å²) >= 11 is 5.14. The average molecular weight is 323 g/mol. The van der Waals surface area contributed by atoms with Gasteiger partial charge in [0.25, 0.3) is 0 Å². The Kier molecular flexibility index (Phi) is 3.03. The number of fused-ring (bicyclic) bond motifs is 1. The van der Waals surface area contributed by atoms with Gasteiger partial charge in [0.1, 0.15) is 5.69 Å². The summed E-state index contributed by atoms with van der Waals surface area (Å²) < 4.78 is 2.40. The van der Waals surface area contributed by atoms with E-state index < -0.39 is 0 Å². The highest BCUT2D eigenvalue weighted by atomic mass is 79.9. The van der Waals surface area contributed by atoms with Crippen molar-refractivity contribution in [1.82, 2.24) is 9.78 Å². The topological polar surface area (TPSA) is 34.9 Å². The lowest BCUT2D eigenvalue weighted by molar-refractivity contribution is 0.0958. The first-order valence-corrected chi connectivity index (χ1v) is 7.40. The standard InChI is InChI=1S/C13H11BrN2OS/c1-16-12(10(14)6-15-16)13(17)9-7-18-11-5-3-2-4-8(9)11/h2-6,9H,7H2,1H3. The molecule has 5 heteroatoms. The zero-order valence-corrected chi connectivity index (χ0v) is 12.2. The van der Waals surface area contributed by atoms with E-state index in [-0.39, 0.29) is 11.7 Å². The molecule has 0 bridgehead atoms. The molecule has 3 rings (SSSR count). The molecule has 1 unspecified atom stereocenters. The summed E-state index contributed by atoms with van der Waals surface area (Å²) in [4.78, 5) is 13.8. The van der Waals surface area contributed by atoms with E-state index in [4.69, 9.17) is 0 Å². The van der Waals surface area contributed by atoms with Gasteiger partial charge in [-0.15, -0.1) is 11.8 Å². The van der Waals surface area contributed by atoms with Gasteiger partial charge in [-0.1, -0.05) is 18.2 Å². The Balaban J connectivity index is 2.01. The summed E-state index contributed by atoms with van der Waals surface area (Å²) in [6, 6.07) is 8.12. The van der Waals surface area contributed by atoms with Crippen molar-refractivity contribution in [3.05, 3.63) is 46.2 Å². The van der Waals surface area contributed by atoms with Gasteiger partial charge in [0.05, 0.1) is 16.6 Å². The fourth-order valence-electron chi connectivity index (χ4n) is 2.23. The van der Waals surface area contributed by atoms with Crippen molar-refractivity contribution < 1.29 is 4.79 Å².